The largest absolute Gasteiger partial charge is 0.309 e. The van der Waals surface area contributed by atoms with Crippen molar-refractivity contribution >= 4 is 43.4 Å². The summed E-state index contributed by atoms with van der Waals surface area (Å²) in [6.07, 6.45) is 0. The predicted octanol–water partition coefficient (Wildman–Crippen LogP) is 13.0. The Morgan fingerprint density at radius 3 is 1.31 bits per heavy atom. The molecule has 9 rings (SSSR count). The fraction of sp³-hybridized carbons (Fsp3) is 0.0638. The lowest BCUT2D eigenvalue weighted by Gasteiger charge is -2.19. The predicted molar refractivity (Wildman–Crippen MR) is 206 cm³/mol. The van der Waals surface area contributed by atoms with Gasteiger partial charge in [-0.15, -0.1) is 0 Å². The third kappa shape index (κ3) is 4.54. The van der Waals surface area contributed by atoms with Gasteiger partial charge in [-0.25, -0.2) is 0 Å². The van der Waals surface area contributed by atoms with E-state index in [1.54, 1.807) is 0 Å². The molecular formula is C47H35N. The number of fused-ring (bicyclic) bond motifs is 5. The van der Waals surface area contributed by atoms with E-state index in [2.05, 4.69) is 183 Å². The van der Waals surface area contributed by atoms with Crippen molar-refractivity contribution in [1.29, 1.82) is 0 Å². The number of benzene rings is 8. The molecular weight excluding hydrogens is 579 g/mol. The third-order valence-corrected chi connectivity index (χ3v) is 9.95. The minimum Gasteiger partial charge on any atom is -0.309 e. The zero-order valence-corrected chi connectivity index (χ0v) is 27.5. The average molecular weight is 614 g/mol. The highest BCUT2D eigenvalue weighted by molar-refractivity contribution is 6.21. The molecule has 0 aliphatic rings. The summed E-state index contributed by atoms with van der Waals surface area (Å²) in [6, 6.07) is 58.4. The van der Waals surface area contributed by atoms with Gasteiger partial charge >= 0.3 is 0 Å². The van der Waals surface area contributed by atoms with Gasteiger partial charge in [0.1, 0.15) is 0 Å². The molecule has 0 amide bonds. The smallest absolute Gasteiger partial charge is 0.0541 e. The third-order valence-electron chi connectivity index (χ3n) is 9.95. The van der Waals surface area contributed by atoms with Crippen LogP contribution >= 0.6 is 0 Å². The lowest BCUT2D eigenvalue weighted by molar-refractivity contribution is 1.18. The van der Waals surface area contributed by atoms with Crippen LogP contribution in [0.15, 0.2) is 158 Å². The molecule has 0 fully saturated rings. The molecule has 48 heavy (non-hydrogen) atoms. The molecule has 1 nitrogen and oxygen atoms in total. The van der Waals surface area contributed by atoms with Gasteiger partial charge in [0, 0.05) is 16.5 Å². The van der Waals surface area contributed by atoms with Gasteiger partial charge in [0.2, 0.25) is 0 Å². The molecule has 0 N–H and O–H groups in total. The first-order valence-corrected chi connectivity index (χ1v) is 16.8. The van der Waals surface area contributed by atoms with E-state index in [9.17, 15) is 0 Å². The Balaban J connectivity index is 1.23. The molecule has 0 saturated heterocycles. The van der Waals surface area contributed by atoms with Gasteiger partial charge < -0.3 is 4.57 Å². The fourth-order valence-electron chi connectivity index (χ4n) is 7.68. The zero-order valence-electron chi connectivity index (χ0n) is 27.5. The molecule has 0 radical (unpaired) electrons. The van der Waals surface area contributed by atoms with Crippen molar-refractivity contribution in [1.82, 2.24) is 4.57 Å². The Hall–Kier alpha value is -5.92. The molecule has 1 heterocycles. The van der Waals surface area contributed by atoms with E-state index in [4.69, 9.17) is 0 Å². The van der Waals surface area contributed by atoms with Crippen LogP contribution in [0, 0.1) is 20.8 Å². The van der Waals surface area contributed by atoms with E-state index in [1.165, 1.54) is 99.1 Å². The lowest BCUT2D eigenvalue weighted by atomic mass is 9.85. The molecule has 228 valence electrons. The summed E-state index contributed by atoms with van der Waals surface area (Å²) >= 11 is 0. The second-order valence-corrected chi connectivity index (χ2v) is 13.2. The summed E-state index contributed by atoms with van der Waals surface area (Å²) in [5, 5.41) is 7.71. The number of aromatic nitrogens is 1. The number of rotatable bonds is 4. The second-order valence-electron chi connectivity index (χ2n) is 13.2. The number of hydrogen-bond donors (Lipinski definition) is 0. The maximum absolute atomic E-state index is 2.41. The van der Waals surface area contributed by atoms with E-state index in [0.29, 0.717) is 0 Å². The fourth-order valence-corrected chi connectivity index (χ4v) is 7.68. The molecule has 1 aromatic heterocycles. The van der Waals surface area contributed by atoms with Crippen LogP contribution in [0.1, 0.15) is 16.7 Å². The standard InChI is InChI=1S/C47H35N/c1-30-13-24-40-43(29-30)47(35-18-16-34(17-19-35)33-9-5-4-6-10-33)39-12-8-7-11-38(39)46(40)36-20-22-37(23-21-36)48-44-25-14-31(2)27-41(44)42-28-32(3)15-26-45(42)48/h4-29H,1-3H3. The highest BCUT2D eigenvalue weighted by Crippen LogP contribution is 2.44. The van der Waals surface area contributed by atoms with Gasteiger partial charge in [0.15, 0.2) is 0 Å². The van der Waals surface area contributed by atoms with Crippen LogP contribution in [0.4, 0.5) is 0 Å². The van der Waals surface area contributed by atoms with Crippen molar-refractivity contribution in [2.45, 2.75) is 20.8 Å². The Kier molecular flexibility index (Phi) is 6.55. The van der Waals surface area contributed by atoms with Crippen molar-refractivity contribution in [2.24, 2.45) is 0 Å². The van der Waals surface area contributed by atoms with Crippen molar-refractivity contribution in [3.63, 3.8) is 0 Å². The normalized spacial score (nSPS) is 11.6. The Morgan fingerprint density at radius 2 is 0.729 bits per heavy atom. The molecule has 1 heteroatoms. The molecule has 0 bridgehead atoms. The van der Waals surface area contributed by atoms with Crippen LogP contribution in [0.5, 0.6) is 0 Å². The number of nitrogens with zero attached hydrogens (tertiary/aromatic N) is 1. The quantitative estimate of drug-likeness (QED) is 0.174. The second kappa shape index (κ2) is 11.1. The van der Waals surface area contributed by atoms with Crippen molar-refractivity contribution in [3.05, 3.63) is 174 Å². The van der Waals surface area contributed by atoms with Crippen molar-refractivity contribution in [3.8, 4) is 39.1 Å². The maximum atomic E-state index is 2.41. The number of aryl methyl sites for hydroxylation is 3. The molecule has 0 spiro atoms. The van der Waals surface area contributed by atoms with Crippen molar-refractivity contribution in [2.75, 3.05) is 0 Å². The van der Waals surface area contributed by atoms with E-state index < -0.39 is 0 Å². The lowest BCUT2D eigenvalue weighted by Crippen LogP contribution is -1.95. The first kappa shape index (κ1) is 28.3. The van der Waals surface area contributed by atoms with Gasteiger partial charge in [-0.05, 0) is 112 Å². The molecule has 0 aliphatic heterocycles. The SMILES string of the molecule is Cc1ccc2c(-c3ccc(-n4c5ccc(C)cc5c5cc(C)ccc54)cc3)c3ccccc3c(-c3ccc(-c4ccccc4)cc3)c2c1. The van der Waals surface area contributed by atoms with Gasteiger partial charge in [-0.3, -0.25) is 0 Å². The summed E-state index contributed by atoms with van der Waals surface area (Å²) in [5.74, 6) is 0. The maximum Gasteiger partial charge on any atom is 0.0541 e. The summed E-state index contributed by atoms with van der Waals surface area (Å²) in [6.45, 7) is 6.54. The summed E-state index contributed by atoms with van der Waals surface area (Å²) in [4.78, 5) is 0. The summed E-state index contributed by atoms with van der Waals surface area (Å²) < 4.78 is 2.41. The molecule has 0 saturated carbocycles. The van der Waals surface area contributed by atoms with E-state index in [0.717, 1.165) is 0 Å². The van der Waals surface area contributed by atoms with Crippen LogP contribution in [-0.4, -0.2) is 4.57 Å². The average Bonchev–Trinajstić information content (AvgIpc) is 3.43. The van der Waals surface area contributed by atoms with Crippen LogP contribution in [0.3, 0.4) is 0 Å². The van der Waals surface area contributed by atoms with Crippen LogP contribution in [-0.2, 0) is 0 Å². The first-order valence-electron chi connectivity index (χ1n) is 16.8. The zero-order chi connectivity index (χ0) is 32.4. The van der Waals surface area contributed by atoms with Gasteiger partial charge in [-0.2, -0.15) is 0 Å². The monoisotopic (exact) mass is 613 g/mol. The summed E-state index contributed by atoms with van der Waals surface area (Å²) in [5.41, 5.74) is 15.0. The molecule has 0 unspecified atom stereocenters. The molecule has 0 atom stereocenters. The van der Waals surface area contributed by atoms with Gasteiger partial charge in [0.25, 0.3) is 0 Å². The first-order chi connectivity index (χ1) is 23.5. The minimum absolute atomic E-state index is 1.17. The Bertz CT molecular complexity index is 2600. The highest BCUT2D eigenvalue weighted by Gasteiger charge is 2.18. The van der Waals surface area contributed by atoms with Gasteiger partial charge in [0.05, 0.1) is 11.0 Å². The summed E-state index contributed by atoms with van der Waals surface area (Å²) in [7, 11) is 0. The molecule has 9 aromatic rings. The Labute approximate surface area is 281 Å². The molecule has 0 aliphatic carbocycles. The Morgan fingerprint density at radius 1 is 0.312 bits per heavy atom. The van der Waals surface area contributed by atoms with Crippen LogP contribution in [0.2, 0.25) is 0 Å². The minimum atomic E-state index is 1.17. The van der Waals surface area contributed by atoms with Crippen LogP contribution in [0.25, 0.3) is 82.4 Å². The van der Waals surface area contributed by atoms with Crippen molar-refractivity contribution < 1.29 is 0 Å². The van der Waals surface area contributed by atoms with E-state index in [-0.39, 0.29) is 0 Å². The van der Waals surface area contributed by atoms with Crippen LogP contribution < -0.4 is 0 Å². The highest BCUT2D eigenvalue weighted by atomic mass is 15.0. The van der Waals surface area contributed by atoms with E-state index in [1.807, 2.05) is 0 Å². The van der Waals surface area contributed by atoms with E-state index >= 15 is 0 Å². The molecule has 8 aromatic carbocycles. The topological polar surface area (TPSA) is 4.93 Å². The number of hydrogen-bond acceptors (Lipinski definition) is 0. The van der Waals surface area contributed by atoms with Gasteiger partial charge in [-0.1, -0.05) is 138 Å².